The monoisotopic (exact) mass is 323 g/mol. The van der Waals surface area contributed by atoms with Crippen molar-refractivity contribution in [2.24, 2.45) is 0 Å². The second-order valence-electron chi connectivity index (χ2n) is 5.45. The maximum Gasteiger partial charge on any atom is 0.260 e. The van der Waals surface area contributed by atoms with Crippen molar-refractivity contribution in [1.29, 1.82) is 0 Å². The number of imide groups is 1. The van der Waals surface area contributed by atoms with Crippen molar-refractivity contribution in [2.45, 2.75) is 26.4 Å². The van der Waals surface area contributed by atoms with Crippen molar-refractivity contribution in [3.05, 3.63) is 77.4 Å². The SMILES string of the molecule is CC/C=C(\C)C(=O)N(C=O)c1ccccc1C(O)c1ccccc1. The molecule has 24 heavy (non-hydrogen) atoms. The molecule has 2 amide bonds. The van der Waals surface area contributed by atoms with E-state index in [1.807, 2.05) is 25.1 Å². The van der Waals surface area contributed by atoms with Crippen molar-refractivity contribution in [1.82, 2.24) is 0 Å². The summed E-state index contributed by atoms with van der Waals surface area (Å²) in [7, 11) is 0. The molecule has 2 aromatic carbocycles. The quantitative estimate of drug-likeness (QED) is 0.652. The van der Waals surface area contributed by atoms with Crippen LogP contribution in [0.25, 0.3) is 0 Å². The Hall–Kier alpha value is -2.72. The van der Waals surface area contributed by atoms with Crippen molar-refractivity contribution in [3.63, 3.8) is 0 Å². The Labute approximate surface area is 142 Å². The van der Waals surface area contributed by atoms with Gasteiger partial charge in [-0.15, -0.1) is 0 Å². The topological polar surface area (TPSA) is 57.6 Å². The van der Waals surface area contributed by atoms with Crippen LogP contribution in [-0.4, -0.2) is 17.4 Å². The molecule has 1 atom stereocenters. The molecule has 0 radical (unpaired) electrons. The van der Waals surface area contributed by atoms with Crippen LogP contribution in [0.3, 0.4) is 0 Å². The third-order valence-electron chi connectivity index (χ3n) is 3.78. The molecule has 1 unspecified atom stereocenters. The summed E-state index contributed by atoms with van der Waals surface area (Å²) in [5, 5.41) is 10.7. The lowest BCUT2D eigenvalue weighted by Crippen LogP contribution is -2.31. The normalized spacial score (nSPS) is 12.5. The third-order valence-corrected chi connectivity index (χ3v) is 3.78. The van der Waals surface area contributed by atoms with Crippen LogP contribution in [0, 0.1) is 0 Å². The van der Waals surface area contributed by atoms with Gasteiger partial charge in [-0.3, -0.25) is 9.59 Å². The van der Waals surface area contributed by atoms with E-state index < -0.39 is 6.10 Å². The highest BCUT2D eigenvalue weighted by Gasteiger charge is 2.22. The molecule has 2 aromatic rings. The summed E-state index contributed by atoms with van der Waals surface area (Å²) in [6.07, 6.45) is 2.05. The van der Waals surface area contributed by atoms with E-state index in [2.05, 4.69) is 0 Å². The molecule has 0 spiro atoms. The first-order valence-corrected chi connectivity index (χ1v) is 7.87. The van der Waals surface area contributed by atoms with Crippen molar-refractivity contribution in [2.75, 3.05) is 4.90 Å². The van der Waals surface area contributed by atoms with Gasteiger partial charge in [0.1, 0.15) is 6.10 Å². The lowest BCUT2D eigenvalue weighted by atomic mass is 9.99. The number of hydrogen-bond donors (Lipinski definition) is 1. The minimum Gasteiger partial charge on any atom is -0.384 e. The molecule has 0 aliphatic carbocycles. The average Bonchev–Trinajstić information content (AvgIpc) is 2.63. The zero-order chi connectivity index (χ0) is 17.5. The minimum absolute atomic E-state index is 0.387. The van der Waals surface area contributed by atoms with E-state index in [1.165, 1.54) is 0 Å². The molecule has 4 nitrogen and oxygen atoms in total. The van der Waals surface area contributed by atoms with Gasteiger partial charge in [-0.2, -0.15) is 0 Å². The number of allylic oxidation sites excluding steroid dienone is 1. The van der Waals surface area contributed by atoms with Gasteiger partial charge in [0.05, 0.1) is 5.69 Å². The molecular weight excluding hydrogens is 302 g/mol. The number of aliphatic hydroxyl groups is 1. The maximum absolute atomic E-state index is 12.5. The molecule has 4 heteroatoms. The van der Waals surface area contributed by atoms with Crippen LogP contribution in [-0.2, 0) is 9.59 Å². The van der Waals surface area contributed by atoms with Gasteiger partial charge in [0.25, 0.3) is 5.91 Å². The largest absolute Gasteiger partial charge is 0.384 e. The Morgan fingerprint density at radius 1 is 1.12 bits per heavy atom. The van der Waals surface area contributed by atoms with Crippen LogP contribution < -0.4 is 4.90 Å². The number of rotatable bonds is 6. The average molecular weight is 323 g/mol. The van der Waals surface area contributed by atoms with Gasteiger partial charge in [0, 0.05) is 11.1 Å². The molecule has 1 N–H and O–H groups in total. The molecule has 0 bridgehead atoms. The molecule has 0 saturated carbocycles. The smallest absolute Gasteiger partial charge is 0.260 e. The van der Waals surface area contributed by atoms with Gasteiger partial charge in [0.15, 0.2) is 0 Å². The maximum atomic E-state index is 12.5. The second-order valence-corrected chi connectivity index (χ2v) is 5.45. The number of nitrogens with zero attached hydrogens (tertiary/aromatic N) is 1. The van der Waals surface area contributed by atoms with E-state index in [9.17, 15) is 14.7 Å². The van der Waals surface area contributed by atoms with Gasteiger partial charge in [-0.1, -0.05) is 61.5 Å². The third kappa shape index (κ3) is 3.78. The predicted octanol–water partition coefficient (Wildman–Crippen LogP) is 3.61. The molecule has 0 aromatic heterocycles. The van der Waals surface area contributed by atoms with E-state index in [1.54, 1.807) is 49.4 Å². The molecule has 124 valence electrons. The number of carbonyl (C=O) groups excluding carboxylic acids is 2. The van der Waals surface area contributed by atoms with Gasteiger partial charge in [-0.25, -0.2) is 4.90 Å². The van der Waals surface area contributed by atoms with Crippen LogP contribution in [0.5, 0.6) is 0 Å². The van der Waals surface area contributed by atoms with E-state index in [0.717, 1.165) is 4.90 Å². The lowest BCUT2D eigenvalue weighted by molar-refractivity contribution is -0.119. The summed E-state index contributed by atoms with van der Waals surface area (Å²) < 4.78 is 0. The molecule has 0 aliphatic rings. The van der Waals surface area contributed by atoms with Gasteiger partial charge >= 0.3 is 0 Å². The molecule has 2 rings (SSSR count). The molecule has 0 saturated heterocycles. The Kier molecular flexibility index (Phi) is 6.04. The summed E-state index contributed by atoms with van der Waals surface area (Å²) in [6.45, 7) is 3.60. The standard InChI is InChI=1S/C20H21NO3/c1-3-9-15(2)20(24)21(14-22)18-13-8-7-12-17(18)19(23)16-10-5-4-6-11-16/h4-14,19,23H,3H2,1-2H3/b15-9+. The number of amides is 2. The molecule has 0 aliphatic heterocycles. The van der Waals surface area contributed by atoms with Crippen molar-refractivity contribution >= 4 is 18.0 Å². The van der Waals surface area contributed by atoms with E-state index in [0.29, 0.717) is 35.2 Å². The summed E-state index contributed by atoms with van der Waals surface area (Å²) in [6, 6.07) is 16.0. The number of carbonyl (C=O) groups is 2. The number of para-hydroxylation sites is 1. The second kappa shape index (κ2) is 8.22. The first kappa shape index (κ1) is 17.6. The highest BCUT2D eigenvalue weighted by Crippen LogP contribution is 2.30. The first-order valence-electron chi connectivity index (χ1n) is 7.87. The van der Waals surface area contributed by atoms with Crippen LogP contribution in [0.2, 0.25) is 0 Å². The molecule has 0 heterocycles. The van der Waals surface area contributed by atoms with Gasteiger partial charge in [-0.05, 0) is 25.0 Å². The van der Waals surface area contributed by atoms with Crippen LogP contribution in [0.1, 0.15) is 37.5 Å². The lowest BCUT2D eigenvalue weighted by Gasteiger charge is -2.22. The van der Waals surface area contributed by atoms with E-state index in [4.69, 9.17) is 0 Å². The molecule has 0 fully saturated rings. The van der Waals surface area contributed by atoms with Gasteiger partial charge < -0.3 is 5.11 Å². The number of benzene rings is 2. The summed E-state index contributed by atoms with van der Waals surface area (Å²) in [4.78, 5) is 25.1. The molecular formula is C20H21NO3. The minimum atomic E-state index is -0.923. The highest BCUT2D eigenvalue weighted by molar-refractivity contribution is 6.15. The van der Waals surface area contributed by atoms with E-state index in [-0.39, 0.29) is 5.91 Å². The van der Waals surface area contributed by atoms with Crippen LogP contribution >= 0.6 is 0 Å². The Morgan fingerprint density at radius 3 is 2.38 bits per heavy atom. The Bertz CT molecular complexity index is 738. The Morgan fingerprint density at radius 2 is 1.75 bits per heavy atom. The van der Waals surface area contributed by atoms with Crippen molar-refractivity contribution < 1.29 is 14.7 Å². The number of hydrogen-bond acceptors (Lipinski definition) is 3. The summed E-state index contributed by atoms with van der Waals surface area (Å²) >= 11 is 0. The fourth-order valence-corrected chi connectivity index (χ4v) is 2.55. The van der Waals surface area contributed by atoms with Gasteiger partial charge in [0.2, 0.25) is 6.41 Å². The zero-order valence-electron chi connectivity index (χ0n) is 13.8. The first-order chi connectivity index (χ1) is 11.6. The number of anilines is 1. The van der Waals surface area contributed by atoms with Crippen LogP contribution in [0.4, 0.5) is 5.69 Å². The number of aliphatic hydroxyl groups excluding tert-OH is 1. The Balaban J connectivity index is 2.45. The summed E-state index contributed by atoms with van der Waals surface area (Å²) in [5.74, 6) is -0.389. The van der Waals surface area contributed by atoms with Crippen molar-refractivity contribution in [3.8, 4) is 0 Å². The predicted molar refractivity (Wildman–Crippen MR) is 94.5 cm³/mol. The highest BCUT2D eigenvalue weighted by atomic mass is 16.3. The van der Waals surface area contributed by atoms with E-state index >= 15 is 0 Å². The van der Waals surface area contributed by atoms with Crippen LogP contribution in [0.15, 0.2) is 66.2 Å². The fraction of sp³-hybridized carbons (Fsp3) is 0.200. The fourth-order valence-electron chi connectivity index (χ4n) is 2.55. The summed E-state index contributed by atoms with van der Waals surface area (Å²) in [5.41, 5.74) is 2.09. The zero-order valence-corrected chi connectivity index (χ0v) is 13.8.